The summed E-state index contributed by atoms with van der Waals surface area (Å²) in [5.74, 6) is -0.186. The van der Waals surface area contributed by atoms with Gasteiger partial charge in [0.1, 0.15) is 6.61 Å². The summed E-state index contributed by atoms with van der Waals surface area (Å²) in [5, 5.41) is 3.30. The van der Waals surface area contributed by atoms with E-state index in [-0.39, 0.29) is 24.0 Å². The normalized spacial score (nSPS) is 27.5. The largest absolute Gasteiger partial charge is 0.356 e. The number of nitrogens with zero attached hydrogens (tertiary/aromatic N) is 2. The lowest BCUT2D eigenvalue weighted by Crippen LogP contribution is -2.56. The summed E-state index contributed by atoms with van der Waals surface area (Å²) in [6.07, 6.45) is 5.17. The Hall–Kier alpha value is -1.92. The number of ether oxygens (including phenoxy) is 1. The van der Waals surface area contributed by atoms with Gasteiger partial charge in [0.25, 0.3) is 5.91 Å². The summed E-state index contributed by atoms with van der Waals surface area (Å²) < 4.78 is 5.79. The molecule has 3 aliphatic rings. The monoisotopic (exact) mass is 385 g/mol. The average molecular weight is 386 g/mol. The van der Waals surface area contributed by atoms with Gasteiger partial charge in [0.15, 0.2) is 6.10 Å². The van der Waals surface area contributed by atoms with Crippen molar-refractivity contribution in [1.82, 2.24) is 15.1 Å². The third-order valence-corrected chi connectivity index (χ3v) is 6.47. The number of hydrogen-bond acceptors (Lipinski definition) is 4. The highest BCUT2D eigenvalue weighted by Crippen LogP contribution is 2.38. The lowest BCUT2D eigenvalue weighted by atomic mass is 9.93. The predicted octanol–water partition coefficient (Wildman–Crippen LogP) is 2.03. The molecule has 2 atom stereocenters. The molecule has 2 heterocycles. The van der Waals surface area contributed by atoms with Crippen molar-refractivity contribution < 1.29 is 14.3 Å². The molecule has 0 radical (unpaired) electrons. The number of likely N-dealkylation sites (tertiary alicyclic amines) is 1. The first-order valence-corrected chi connectivity index (χ1v) is 10.5. The Bertz CT molecular complexity index is 740. The van der Waals surface area contributed by atoms with E-state index in [9.17, 15) is 9.59 Å². The molecule has 2 saturated heterocycles. The Morgan fingerprint density at radius 3 is 2.61 bits per heavy atom. The summed E-state index contributed by atoms with van der Waals surface area (Å²) in [7, 11) is 1.77. The molecule has 1 aliphatic carbocycles. The van der Waals surface area contributed by atoms with Gasteiger partial charge in [0, 0.05) is 13.6 Å². The van der Waals surface area contributed by atoms with Crippen LogP contribution in [0.1, 0.15) is 49.3 Å². The highest BCUT2D eigenvalue weighted by molar-refractivity contribution is 5.87. The molecule has 6 heteroatoms. The van der Waals surface area contributed by atoms with Gasteiger partial charge in [-0.05, 0) is 56.8 Å². The van der Waals surface area contributed by atoms with Gasteiger partial charge in [-0.3, -0.25) is 9.59 Å². The van der Waals surface area contributed by atoms with Crippen LogP contribution in [-0.4, -0.2) is 66.5 Å². The third-order valence-electron chi connectivity index (χ3n) is 6.47. The fourth-order valence-corrected chi connectivity index (χ4v) is 4.57. The van der Waals surface area contributed by atoms with E-state index < -0.39 is 12.1 Å². The van der Waals surface area contributed by atoms with Crippen molar-refractivity contribution in [2.45, 2.75) is 56.7 Å². The van der Waals surface area contributed by atoms with Gasteiger partial charge in [-0.15, -0.1) is 0 Å². The number of morpholine rings is 1. The fourth-order valence-electron chi connectivity index (χ4n) is 4.57. The molecular weight excluding hydrogens is 354 g/mol. The molecule has 1 aromatic rings. The van der Waals surface area contributed by atoms with Gasteiger partial charge in [-0.1, -0.05) is 30.7 Å². The Morgan fingerprint density at radius 2 is 1.93 bits per heavy atom. The van der Waals surface area contributed by atoms with Crippen LogP contribution >= 0.6 is 0 Å². The summed E-state index contributed by atoms with van der Waals surface area (Å²) in [6.45, 7) is 5.14. The van der Waals surface area contributed by atoms with Gasteiger partial charge in [0.05, 0.1) is 11.6 Å². The van der Waals surface area contributed by atoms with E-state index in [0.717, 1.165) is 43.6 Å². The lowest BCUT2D eigenvalue weighted by molar-refractivity contribution is -0.162. The van der Waals surface area contributed by atoms with E-state index in [1.54, 1.807) is 11.9 Å². The minimum absolute atomic E-state index is 0.0455. The highest BCUT2D eigenvalue weighted by Gasteiger charge is 2.49. The van der Waals surface area contributed by atoms with Crippen LogP contribution in [-0.2, 0) is 14.3 Å². The molecule has 3 fully saturated rings. The van der Waals surface area contributed by atoms with Gasteiger partial charge in [-0.25, -0.2) is 0 Å². The van der Waals surface area contributed by atoms with Crippen molar-refractivity contribution in [3.05, 3.63) is 35.4 Å². The standard InChI is InChI=1S/C22H31N3O3/c1-16-8-4-5-9-17(16)19-20(28-14-18(26)24(19)2)21(27)23-22(10-11-22)15-25-12-6-3-7-13-25/h4-5,8-9,19-20H,3,6-7,10-15H2,1-2H3,(H,23,27). The van der Waals surface area contributed by atoms with Crippen molar-refractivity contribution in [3.8, 4) is 0 Å². The number of nitrogens with one attached hydrogen (secondary N) is 1. The molecule has 2 amide bonds. The topological polar surface area (TPSA) is 61.9 Å². The van der Waals surface area contributed by atoms with E-state index in [4.69, 9.17) is 4.74 Å². The van der Waals surface area contributed by atoms with Crippen molar-refractivity contribution in [1.29, 1.82) is 0 Å². The maximum absolute atomic E-state index is 13.3. The minimum Gasteiger partial charge on any atom is -0.356 e. The van der Waals surface area contributed by atoms with Crippen LogP contribution < -0.4 is 5.32 Å². The maximum Gasteiger partial charge on any atom is 0.252 e. The third kappa shape index (κ3) is 3.94. The number of benzene rings is 1. The Labute approximate surface area is 167 Å². The SMILES string of the molecule is Cc1ccccc1C1C(C(=O)NC2(CN3CCCCC3)CC2)OCC(=O)N1C. The Kier molecular flexibility index (Phi) is 5.43. The van der Waals surface area contributed by atoms with Crippen molar-refractivity contribution in [3.63, 3.8) is 0 Å². The Morgan fingerprint density at radius 1 is 1.21 bits per heavy atom. The number of aryl methyl sites for hydroxylation is 1. The van der Waals surface area contributed by atoms with Gasteiger partial charge in [0.2, 0.25) is 5.91 Å². The Balaban J connectivity index is 1.50. The molecule has 0 aromatic heterocycles. The molecule has 2 aliphatic heterocycles. The van der Waals surface area contributed by atoms with Crippen LogP contribution in [0.5, 0.6) is 0 Å². The second kappa shape index (κ2) is 7.84. The zero-order valence-electron chi connectivity index (χ0n) is 16.9. The average Bonchev–Trinajstić information content (AvgIpc) is 3.44. The molecule has 0 bridgehead atoms. The highest BCUT2D eigenvalue weighted by atomic mass is 16.5. The second-order valence-corrected chi connectivity index (χ2v) is 8.64. The zero-order chi connectivity index (χ0) is 19.7. The van der Waals surface area contributed by atoms with Crippen LogP contribution in [0.25, 0.3) is 0 Å². The van der Waals surface area contributed by atoms with Crippen molar-refractivity contribution in [2.75, 3.05) is 33.3 Å². The van der Waals surface area contributed by atoms with Crippen LogP contribution in [0.3, 0.4) is 0 Å². The van der Waals surface area contributed by atoms with Crippen LogP contribution in [0.4, 0.5) is 0 Å². The fraction of sp³-hybridized carbons (Fsp3) is 0.636. The molecule has 4 rings (SSSR count). The maximum atomic E-state index is 13.3. The van der Waals surface area contributed by atoms with E-state index in [2.05, 4.69) is 10.2 Å². The van der Waals surface area contributed by atoms with Crippen molar-refractivity contribution in [2.24, 2.45) is 0 Å². The molecule has 1 aromatic carbocycles. The number of hydrogen-bond donors (Lipinski definition) is 1. The molecule has 6 nitrogen and oxygen atoms in total. The van der Waals surface area contributed by atoms with E-state index >= 15 is 0 Å². The van der Waals surface area contributed by atoms with E-state index in [1.165, 1.54) is 19.3 Å². The lowest BCUT2D eigenvalue weighted by Gasteiger charge is -2.40. The van der Waals surface area contributed by atoms with Crippen LogP contribution in [0.15, 0.2) is 24.3 Å². The first-order valence-electron chi connectivity index (χ1n) is 10.5. The smallest absolute Gasteiger partial charge is 0.252 e. The number of likely N-dealkylation sites (N-methyl/N-ethyl adjacent to an activating group) is 1. The second-order valence-electron chi connectivity index (χ2n) is 8.64. The zero-order valence-corrected chi connectivity index (χ0v) is 16.9. The summed E-state index contributed by atoms with van der Waals surface area (Å²) in [6, 6.07) is 7.52. The number of carbonyl (C=O) groups excluding carboxylic acids is 2. The van der Waals surface area contributed by atoms with Gasteiger partial charge >= 0.3 is 0 Å². The van der Waals surface area contributed by atoms with Crippen LogP contribution in [0.2, 0.25) is 0 Å². The number of carbonyl (C=O) groups is 2. The quantitative estimate of drug-likeness (QED) is 0.843. The van der Waals surface area contributed by atoms with E-state index in [1.807, 2.05) is 31.2 Å². The molecule has 0 spiro atoms. The first-order chi connectivity index (χ1) is 13.5. The molecule has 1 N–H and O–H groups in total. The predicted molar refractivity (Wildman–Crippen MR) is 107 cm³/mol. The van der Waals surface area contributed by atoms with Crippen LogP contribution in [0, 0.1) is 6.92 Å². The molecule has 152 valence electrons. The summed E-state index contributed by atoms with van der Waals surface area (Å²) in [5.41, 5.74) is 1.91. The molecule has 28 heavy (non-hydrogen) atoms. The summed E-state index contributed by atoms with van der Waals surface area (Å²) >= 11 is 0. The molecule has 1 saturated carbocycles. The first kappa shape index (κ1) is 19.4. The number of rotatable bonds is 5. The summed E-state index contributed by atoms with van der Waals surface area (Å²) in [4.78, 5) is 29.7. The minimum atomic E-state index is -0.678. The van der Waals surface area contributed by atoms with E-state index in [0.29, 0.717) is 0 Å². The molecular formula is C22H31N3O3. The number of amides is 2. The van der Waals surface area contributed by atoms with Gasteiger partial charge in [-0.2, -0.15) is 0 Å². The number of piperidine rings is 1. The van der Waals surface area contributed by atoms with Gasteiger partial charge < -0.3 is 19.9 Å². The molecule has 2 unspecified atom stereocenters. The van der Waals surface area contributed by atoms with Crippen molar-refractivity contribution >= 4 is 11.8 Å².